The van der Waals surface area contributed by atoms with E-state index in [4.69, 9.17) is 0 Å². The van der Waals surface area contributed by atoms with Gasteiger partial charge in [0.25, 0.3) is 5.91 Å². The fraction of sp³-hybridized carbons (Fsp3) is 0.435. The molecule has 2 aliphatic rings. The molecule has 1 aromatic heterocycles. The Kier molecular flexibility index (Phi) is 6.05. The summed E-state index contributed by atoms with van der Waals surface area (Å²) in [5, 5.41) is 19.4. The molecular weight excluding hydrogens is 396 g/mol. The number of fused-ring (bicyclic) bond motifs is 1. The largest absolute Gasteiger partial charge is 0.374 e. The van der Waals surface area contributed by atoms with Crippen LogP contribution in [0.5, 0.6) is 0 Å². The lowest BCUT2D eigenvalue weighted by Gasteiger charge is -2.15. The van der Waals surface area contributed by atoms with Gasteiger partial charge in [-0.2, -0.15) is 5.26 Å². The number of hydrogen-bond donors (Lipinski definition) is 3. The minimum absolute atomic E-state index is 0.0589. The molecule has 0 spiro atoms. The molecule has 3 N–H and O–H groups in total. The highest BCUT2D eigenvalue weighted by molar-refractivity contribution is 7.16. The van der Waals surface area contributed by atoms with E-state index < -0.39 is 6.04 Å². The van der Waals surface area contributed by atoms with E-state index in [2.05, 4.69) is 22.0 Å². The minimum Gasteiger partial charge on any atom is -0.374 e. The van der Waals surface area contributed by atoms with Gasteiger partial charge in [0.05, 0.1) is 5.56 Å². The molecule has 2 aromatic rings. The predicted octanol–water partition coefficient (Wildman–Crippen LogP) is 4.22. The summed E-state index contributed by atoms with van der Waals surface area (Å²) in [6, 6.07) is 9.27. The first-order chi connectivity index (χ1) is 14.5. The van der Waals surface area contributed by atoms with E-state index in [1.54, 1.807) is 42.5 Å². The molecule has 1 aromatic carbocycles. The smallest absolute Gasteiger partial charge is 0.251 e. The van der Waals surface area contributed by atoms with E-state index in [0.29, 0.717) is 22.2 Å². The van der Waals surface area contributed by atoms with Gasteiger partial charge in [0, 0.05) is 22.2 Å². The molecule has 1 heterocycles. The summed E-state index contributed by atoms with van der Waals surface area (Å²) < 4.78 is 0. The summed E-state index contributed by atoms with van der Waals surface area (Å²) in [5.74, 6) is -0.241. The monoisotopic (exact) mass is 422 g/mol. The van der Waals surface area contributed by atoms with Crippen LogP contribution in [-0.2, 0) is 17.6 Å². The lowest BCUT2D eigenvalue weighted by atomic mass is 10.1. The number of nitriles is 1. The Labute approximate surface area is 180 Å². The third-order valence-corrected chi connectivity index (χ3v) is 6.81. The quantitative estimate of drug-likeness (QED) is 0.608. The Morgan fingerprint density at radius 1 is 1.13 bits per heavy atom. The lowest BCUT2D eigenvalue weighted by Crippen LogP contribution is -2.31. The average Bonchev–Trinajstić information content (AvgIpc) is 3.53. The fourth-order valence-corrected chi connectivity index (χ4v) is 4.94. The van der Waals surface area contributed by atoms with Crippen molar-refractivity contribution in [2.45, 2.75) is 64.0 Å². The van der Waals surface area contributed by atoms with Gasteiger partial charge in [-0.3, -0.25) is 9.59 Å². The maximum Gasteiger partial charge on any atom is 0.251 e. The van der Waals surface area contributed by atoms with Crippen molar-refractivity contribution in [3.05, 3.63) is 45.8 Å². The summed E-state index contributed by atoms with van der Waals surface area (Å²) in [6.07, 6.45) is 7.43. The zero-order chi connectivity index (χ0) is 21.1. The Morgan fingerprint density at radius 2 is 1.87 bits per heavy atom. The van der Waals surface area contributed by atoms with Crippen LogP contribution in [0.1, 0.15) is 65.4 Å². The third-order valence-electron chi connectivity index (χ3n) is 5.61. The van der Waals surface area contributed by atoms with E-state index in [-0.39, 0.29) is 11.8 Å². The predicted molar refractivity (Wildman–Crippen MR) is 119 cm³/mol. The normalized spacial score (nSPS) is 16.5. The zero-order valence-corrected chi connectivity index (χ0v) is 17.9. The number of benzene rings is 1. The van der Waals surface area contributed by atoms with Gasteiger partial charge in [-0.25, -0.2) is 0 Å². The summed E-state index contributed by atoms with van der Waals surface area (Å²) >= 11 is 1.54. The second-order valence-electron chi connectivity index (χ2n) is 8.06. The number of aryl methyl sites for hydroxylation is 1. The van der Waals surface area contributed by atoms with E-state index in [1.165, 1.54) is 11.3 Å². The first kappa shape index (κ1) is 20.4. The SMILES string of the molecule is CC(Nc1ccc(C(=O)NC2CC2)cc1)C(=O)Nc1sc2c(c1C#N)CCCCC2. The van der Waals surface area contributed by atoms with E-state index in [9.17, 15) is 14.9 Å². The summed E-state index contributed by atoms with van der Waals surface area (Å²) in [5.41, 5.74) is 3.13. The molecule has 4 rings (SSSR count). The van der Waals surface area contributed by atoms with Crippen molar-refractivity contribution in [3.63, 3.8) is 0 Å². The molecule has 7 heteroatoms. The van der Waals surface area contributed by atoms with Crippen LogP contribution in [0.3, 0.4) is 0 Å². The van der Waals surface area contributed by atoms with Crippen LogP contribution in [-0.4, -0.2) is 23.9 Å². The van der Waals surface area contributed by atoms with Crippen molar-refractivity contribution in [1.82, 2.24) is 5.32 Å². The van der Waals surface area contributed by atoms with E-state index >= 15 is 0 Å². The topological polar surface area (TPSA) is 94.0 Å². The Hall–Kier alpha value is -2.85. The first-order valence-corrected chi connectivity index (χ1v) is 11.4. The second kappa shape index (κ2) is 8.88. The van der Waals surface area contributed by atoms with Crippen LogP contribution in [0.2, 0.25) is 0 Å². The average molecular weight is 423 g/mol. The highest BCUT2D eigenvalue weighted by Crippen LogP contribution is 2.37. The maximum atomic E-state index is 12.7. The molecule has 0 saturated heterocycles. The van der Waals surface area contributed by atoms with Crippen molar-refractivity contribution < 1.29 is 9.59 Å². The van der Waals surface area contributed by atoms with E-state index in [1.807, 2.05) is 0 Å². The van der Waals surface area contributed by atoms with E-state index in [0.717, 1.165) is 49.8 Å². The van der Waals surface area contributed by atoms with Gasteiger partial charge < -0.3 is 16.0 Å². The molecule has 0 bridgehead atoms. The molecule has 1 saturated carbocycles. The van der Waals surface area contributed by atoms with Gasteiger partial charge >= 0.3 is 0 Å². The number of anilines is 2. The molecule has 1 fully saturated rings. The van der Waals surface area contributed by atoms with Gasteiger partial charge in [-0.05, 0) is 75.3 Å². The number of rotatable bonds is 6. The standard InChI is InChI=1S/C23H26N4O2S/c1-14(25-16-9-7-15(8-10-16)22(29)26-17-11-12-17)21(28)27-23-19(13-24)18-5-3-2-4-6-20(18)30-23/h7-10,14,17,25H,2-6,11-12H2,1H3,(H,26,29)(H,27,28). The van der Waals surface area contributed by atoms with Gasteiger partial charge in [0.2, 0.25) is 5.91 Å². The molecule has 1 unspecified atom stereocenters. The van der Waals surface area contributed by atoms with Crippen molar-refractivity contribution in [1.29, 1.82) is 5.26 Å². The number of amides is 2. The van der Waals surface area contributed by atoms with Crippen LogP contribution in [0.4, 0.5) is 10.7 Å². The minimum atomic E-state index is -0.482. The number of hydrogen-bond acceptors (Lipinski definition) is 5. The number of nitrogens with one attached hydrogen (secondary N) is 3. The molecule has 2 aliphatic carbocycles. The highest BCUT2D eigenvalue weighted by atomic mass is 32.1. The Balaban J connectivity index is 1.38. The summed E-state index contributed by atoms with van der Waals surface area (Å²) in [6.45, 7) is 1.79. The van der Waals surface area contributed by atoms with Crippen LogP contribution in [0.15, 0.2) is 24.3 Å². The second-order valence-corrected chi connectivity index (χ2v) is 9.17. The molecule has 6 nitrogen and oxygen atoms in total. The number of nitrogens with zero attached hydrogens (tertiary/aromatic N) is 1. The van der Waals surface area contributed by atoms with Crippen LogP contribution >= 0.6 is 11.3 Å². The molecular formula is C23H26N4O2S. The lowest BCUT2D eigenvalue weighted by molar-refractivity contribution is -0.116. The van der Waals surface area contributed by atoms with Gasteiger partial charge in [-0.1, -0.05) is 6.42 Å². The van der Waals surface area contributed by atoms with Crippen molar-refractivity contribution in [3.8, 4) is 6.07 Å². The van der Waals surface area contributed by atoms with Gasteiger partial charge in [-0.15, -0.1) is 11.3 Å². The van der Waals surface area contributed by atoms with Crippen molar-refractivity contribution in [2.24, 2.45) is 0 Å². The fourth-order valence-electron chi connectivity index (χ4n) is 3.70. The van der Waals surface area contributed by atoms with Crippen LogP contribution < -0.4 is 16.0 Å². The van der Waals surface area contributed by atoms with Crippen molar-refractivity contribution >= 4 is 33.8 Å². The molecule has 0 aliphatic heterocycles. The molecule has 1 atom stereocenters. The number of carbonyl (C=O) groups is 2. The summed E-state index contributed by atoms with van der Waals surface area (Å²) in [4.78, 5) is 26.0. The van der Waals surface area contributed by atoms with Gasteiger partial charge in [0.15, 0.2) is 0 Å². The number of thiophene rings is 1. The Morgan fingerprint density at radius 3 is 2.57 bits per heavy atom. The highest BCUT2D eigenvalue weighted by Gasteiger charge is 2.24. The third kappa shape index (κ3) is 4.65. The molecule has 156 valence electrons. The summed E-state index contributed by atoms with van der Waals surface area (Å²) in [7, 11) is 0. The maximum absolute atomic E-state index is 12.7. The zero-order valence-electron chi connectivity index (χ0n) is 17.1. The van der Waals surface area contributed by atoms with Gasteiger partial charge in [0.1, 0.15) is 17.1 Å². The van der Waals surface area contributed by atoms with Crippen LogP contribution in [0, 0.1) is 11.3 Å². The first-order valence-electron chi connectivity index (χ1n) is 10.6. The van der Waals surface area contributed by atoms with Crippen molar-refractivity contribution in [2.75, 3.05) is 10.6 Å². The van der Waals surface area contributed by atoms with Crippen LogP contribution in [0.25, 0.3) is 0 Å². The molecule has 2 amide bonds. The number of carbonyl (C=O) groups excluding carboxylic acids is 2. The molecule has 0 radical (unpaired) electrons. The Bertz CT molecular complexity index is 986. The molecule has 30 heavy (non-hydrogen) atoms.